The molecular formula is C7H11O4P. The molecule has 0 aliphatic carbocycles. The van der Waals surface area contributed by atoms with Crippen LogP contribution in [-0.2, 0) is 9.36 Å². The molecule has 2 unspecified atom stereocenters. The molecule has 0 fully saturated rings. The number of rotatable bonds is 4. The minimum absolute atomic E-state index is 0.0704. The van der Waals surface area contributed by atoms with E-state index in [0.717, 1.165) is 0 Å². The van der Waals surface area contributed by atoms with Crippen LogP contribution in [0.2, 0.25) is 0 Å². The zero-order chi connectivity index (χ0) is 9.72. The molecule has 4 nitrogen and oxygen atoms in total. The molecular weight excluding hydrogens is 179 g/mol. The molecule has 0 heterocycles. The molecule has 0 aliphatic heterocycles. The first-order chi connectivity index (χ1) is 5.49. The summed E-state index contributed by atoms with van der Waals surface area (Å²) in [5.41, 5.74) is -0.586. The Bertz CT molecular complexity index is 221. The van der Waals surface area contributed by atoms with Crippen LogP contribution in [0.1, 0.15) is 20.3 Å². The third-order valence-electron chi connectivity index (χ3n) is 1.47. The molecule has 0 amide bonds. The molecule has 1 N–H and O–H groups in total. The summed E-state index contributed by atoms with van der Waals surface area (Å²) < 4.78 is 10.5. The van der Waals surface area contributed by atoms with Crippen molar-refractivity contribution in [2.45, 2.75) is 25.9 Å². The van der Waals surface area contributed by atoms with Gasteiger partial charge in [0, 0.05) is 5.57 Å². The maximum absolute atomic E-state index is 10.5. The smallest absolute Gasteiger partial charge is 0.331 e. The van der Waals surface area contributed by atoms with Gasteiger partial charge in [-0.1, -0.05) is 11.5 Å². The molecule has 0 saturated carbocycles. The molecule has 0 aromatic rings. The maximum Gasteiger partial charge on any atom is 0.331 e. The van der Waals surface area contributed by atoms with E-state index in [2.05, 4.69) is 0 Å². The van der Waals surface area contributed by atoms with E-state index in [1.54, 1.807) is 6.92 Å². The molecule has 0 spiro atoms. The lowest BCUT2D eigenvalue weighted by molar-refractivity contribution is -0.165. The topological polar surface area (TPSA) is 77.4 Å². The van der Waals surface area contributed by atoms with Gasteiger partial charge in [0.2, 0.25) is 0 Å². The molecule has 0 radical (unpaired) electrons. The van der Waals surface area contributed by atoms with Crippen molar-refractivity contribution < 1.29 is 19.4 Å². The molecule has 5 heteroatoms. The van der Waals surface area contributed by atoms with E-state index in [1.165, 1.54) is 13.0 Å². The van der Waals surface area contributed by atoms with Crippen LogP contribution in [0.3, 0.4) is 0 Å². The number of allylic oxidation sites excluding steroid dienone is 1. The summed E-state index contributed by atoms with van der Waals surface area (Å²) in [5, 5.41) is 8.44. The molecule has 12 heavy (non-hydrogen) atoms. The second-order valence-electron chi connectivity index (χ2n) is 2.42. The monoisotopic (exact) mass is 190 g/mol. The van der Waals surface area contributed by atoms with E-state index in [1.807, 2.05) is 0 Å². The van der Waals surface area contributed by atoms with Gasteiger partial charge in [0.25, 0.3) is 0 Å². The molecule has 0 saturated heterocycles. The van der Waals surface area contributed by atoms with Gasteiger partial charge < -0.3 is 10.00 Å². The van der Waals surface area contributed by atoms with E-state index in [9.17, 15) is 14.3 Å². The number of aliphatic carboxylic acids is 1. The third kappa shape index (κ3) is 3.60. The minimum Gasteiger partial charge on any atom is -0.595 e. The van der Waals surface area contributed by atoms with Crippen LogP contribution >= 0.6 is 8.03 Å². The standard InChI is InChI=1S/C7H11O4P/c1-3-6(12(10)11)4-5(2)7(8)9/h4,6H,3H2,1-2H3,(H,8,9). The van der Waals surface area contributed by atoms with Gasteiger partial charge in [0.1, 0.15) is 0 Å². The highest BCUT2D eigenvalue weighted by atomic mass is 31.1. The number of carbonyl (C=O) groups is 1. The molecule has 0 aromatic heterocycles. The van der Waals surface area contributed by atoms with Gasteiger partial charge in [-0.05, 0) is 19.4 Å². The second-order valence-corrected chi connectivity index (χ2v) is 3.65. The number of carboxylic acids is 1. The summed E-state index contributed by atoms with van der Waals surface area (Å²) in [4.78, 5) is 20.8. The predicted molar refractivity (Wildman–Crippen MR) is 43.1 cm³/mol. The maximum atomic E-state index is 10.5. The quantitative estimate of drug-likeness (QED) is 0.527. The third-order valence-corrected chi connectivity index (χ3v) is 2.52. The van der Waals surface area contributed by atoms with Crippen molar-refractivity contribution in [2.24, 2.45) is 0 Å². The normalized spacial score (nSPS) is 15.6. The van der Waals surface area contributed by atoms with Gasteiger partial charge in [0.05, 0.1) is 0 Å². The van der Waals surface area contributed by atoms with E-state index < -0.39 is 19.7 Å². The van der Waals surface area contributed by atoms with Crippen molar-refractivity contribution in [1.29, 1.82) is 0 Å². The van der Waals surface area contributed by atoms with Crippen LogP contribution in [0.5, 0.6) is 0 Å². The van der Waals surface area contributed by atoms with Crippen LogP contribution in [0.15, 0.2) is 11.6 Å². The van der Waals surface area contributed by atoms with Crippen molar-refractivity contribution in [3.8, 4) is 0 Å². The van der Waals surface area contributed by atoms with Gasteiger partial charge in [0.15, 0.2) is 5.66 Å². The van der Waals surface area contributed by atoms with Crippen LogP contribution in [0.4, 0.5) is 0 Å². The largest absolute Gasteiger partial charge is 0.595 e. The average Bonchev–Trinajstić information content (AvgIpc) is 1.98. The fourth-order valence-electron chi connectivity index (χ4n) is 0.688. The van der Waals surface area contributed by atoms with E-state index in [4.69, 9.17) is 5.11 Å². The van der Waals surface area contributed by atoms with Crippen LogP contribution in [-0.4, -0.2) is 16.7 Å². The highest BCUT2D eigenvalue weighted by Gasteiger charge is 2.17. The molecule has 68 valence electrons. The predicted octanol–water partition coefficient (Wildman–Crippen LogP) is 0.899. The summed E-state index contributed by atoms with van der Waals surface area (Å²) in [7, 11) is -2.56. The van der Waals surface area contributed by atoms with Crippen molar-refractivity contribution in [2.75, 3.05) is 0 Å². The van der Waals surface area contributed by atoms with Gasteiger partial charge in [-0.25, -0.2) is 4.79 Å². The fraction of sp³-hybridized carbons (Fsp3) is 0.571. The Balaban J connectivity index is 4.46. The lowest BCUT2D eigenvalue weighted by Crippen LogP contribution is -2.07. The van der Waals surface area contributed by atoms with Crippen molar-refractivity contribution >= 4 is 14.0 Å². The number of hydrogen-bond donors (Lipinski definition) is 1. The van der Waals surface area contributed by atoms with E-state index in [-0.39, 0.29) is 5.57 Å². The zero-order valence-electron chi connectivity index (χ0n) is 6.98. The lowest BCUT2D eigenvalue weighted by atomic mass is 10.2. The Morgan fingerprint density at radius 2 is 2.25 bits per heavy atom. The Morgan fingerprint density at radius 3 is 2.50 bits per heavy atom. The zero-order valence-corrected chi connectivity index (χ0v) is 7.88. The molecule has 0 aliphatic rings. The summed E-state index contributed by atoms with van der Waals surface area (Å²) in [6.07, 6.45) is 1.66. The fourth-order valence-corrected chi connectivity index (χ4v) is 1.33. The van der Waals surface area contributed by atoms with Crippen molar-refractivity contribution in [3.63, 3.8) is 0 Å². The molecule has 0 bridgehead atoms. The number of hydrogen-bond acceptors (Lipinski definition) is 3. The summed E-state index contributed by atoms with van der Waals surface area (Å²) in [6.45, 7) is 3.07. The Morgan fingerprint density at radius 1 is 1.75 bits per heavy atom. The highest BCUT2D eigenvalue weighted by molar-refractivity contribution is 7.37. The Hall–Kier alpha value is -0.730. The SMILES string of the molecule is CCC(C=C(C)C(=O)O)[P+](=O)[O-]. The average molecular weight is 190 g/mol. The summed E-state index contributed by atoms with van der Waals surface area (Å²) in [5.74, 6) is -1.08. The molecule has 2 atom stereocenters. The van der Waals surface area contributed by atoms with Crippen LogP contribution < -0.4 is 4.89 Å². The van der Waals surface area contributed by atoms with Crippen LogP contribution in [0.25, 0.3) is 0 Å². The Labute approximate surface area is 71.8 Å². The lowest BCUT2D eigenvalue weighted by Gasteiger charge is -2.00. The van der Waals surface area contributed by atoms with Crippen molar-refractivity contribution in [1.82, 2.24) is 0 Å². The highest BCUT2D eigenvalue weighted by Crippen LogP contribution is 2.23. The van der Waals surface area contributed by atoms with Gasteiger partial charge >= 0.3 is 14.0 Å². The summed E-state index contributed by atoms with van der Waals surface area (Å²) in [6, 6.07) is 0. The van der Waals surface area contributed by atoms with Gasteiger partial charge in [-0.2, -0.15) is 0 Å². The minimum atomic E-state index is -2.56. The number of carboxylic acid groups (broad SMARTS) is 1. The molecule has 0 aromatic carbocycles. The first kappa shape index (κ1) is 11.3. The van der Waals surface area contributed by atoms with E-state index >= 15 is 0 Å². The van der Waals surface area contributed by atoms with Crippen LogP contribution in [0, 0.1) is 0 Å². The Kier molecular flexibility index (Phi) is 4.71. The first-order valence-electron chi connectivity index (χ1n) is 3.54. The van der Waals surface area contributed by atoms with Crippen molar-refractivity contribution in [3.05, 3.63) is 11.6 Å². The van der Waals surface area contributed by atoms with E-state index in [0.29, 0.717) is 6.42 Å². The molecule has 0 rings (SSSR count). The summed E-state index contributed by atoms with van der Waals surface area (Å²) >= 11 is 0. The first-order valence-corrected chi connectivity index (χ1v) is 4.79. The van der Waals surface area contributed by atoms with Gasteiger partial charge in [-0.3, -0.25) is 0 Å². The van der Waals surface area contributed by atoms with Gasteiger partial charge in [-0.15, -0.1) is 0 Å². The second kappa shape index (κ2) is 5.01.